The van der Waals surface area contributed by atoms with E-state index in [1.54, 1.807) is 18.2 Å². The predicted molar refractivity (Wildman–Crippen MR) is 51.0 cm³/mol. The second-order valence-electron chi connectivity index (χ2n) is 2.55. The molecule has 0 unspecified atom stereocenters. The first-order valence-corrected chi connectivity index (χ1v) is 3.85. The molecule has 0 saturated heterocycles. The summed E-state index contributed by atoms with van der Waals surface area (Å²) in [6.07, 6.45) is 0.787. The summed E-state index contributed by atoms with van der Waals surface area (Å²) in [4.78, 5) is 0. The number of rotatable bonds is 3. The third-order valence-corrected chi connectivity index (χ3v) is 1.53. The Morgan fingerprint density at radius 1 is 1.50 bits per heavy atom. The lowest BCUT2D eigenvalue weighted by atomic mass is 10.2. The molecule has 0 aliphatic carbocycles. The molecule has 0 amide bonds. The third kappa shape index (κ3) is 2.05. The van der Waals surface area contributed by atoms with Crippen LogP contribution in [0.5, 0.6) is 5.75 Å². The summed E-state index contributed by atoms with van der Waals surface area (Å²) in [5.74, 6) is 0.218. The highest BCUT2D eigenvalue weighted by molar-refractivity contribution is 5.67. The fraction of sp³-hybridized carbons (Fsp3) is 0.222. The first-order chi connectivity index (χ1) is 5.74. The summed E-state index contributed by atoms with van der Waals surface area (Å²) in [6.45, 7) is 4.44. The molecular formula is C9H13N2O. The maximum atomic E-state index is 9.13. The van der Waals surface area contributed by atoms with E-state index in [0.29, 0.717) is 5.69 Å². The number of benzene rings is 1. The average molecular weight is 165 g/mol. The Morgan fingerprint density at radius 3 is 2.92 bits per heavy atom. The van der Waals surface area contributed by atoms with Gasteiger partial charge in [0.2, 0.25) is 0 Å². The summed E-state index contributed by atoms with van der Waals surface area (Å²) in [5, 5.41) is 12.2. The van der Waals surface area contributed by atoms with Gasteiger partial charge in [-0.15, -0.1) is 0 Å². The molecule has 0 bridgehead atoms. The van der Waals surface area contributed by atoms with Gasteiger partial charge < -0.3 is 16.2 Å². The van der Waals surface area contributed by atoms with Gasteiger partial charge in [-0.25, -0.2) is 0 Å². The summed E-state index contributed by atoms with van der Waals surface area (Å²) < 4.78 is 0. The quantitative estimate of drug-likeness (QED) is 0.471. The highest BCUT2D eigenvalue weighted by atomic mass is 16.3. The predicted octanol–water partition coefficient (Wildman–Crippen LogP) is 1.61. The van der Waals surface area contributed by atoms with Crippen molar-refractivity contribution in [1.29, 1.82) is 0 Å². The Kier molecular flexibility index (Phi) is 2.80. The molecule has 0 aliphatic heterocycles. The molecule has 0 saturated carbocycles. The molecule has 3 heteroatoms. The molecule has 3 nitrogen and oxygen atoms in total. The van der Waals surface area contributed by atoms with Crippen LogP contribution in [0.2, 0.25) is 0 Å². The first kappa shape index (κ1) is 8.71. The van der Waals surface area contributed by atoms with Crippen LogP contribution in [0.1, 0.15) is 6.42 Å². The zero-order valence-corrected chi connectivity index (χ0v) is 6.88. The number of hydrogen-bond acceptors (Lipinski definition) is 3. The molecule has 0 atom stereocenters. The molecule has 0 heterocycles. The van der Waals surface area contributed by atoms with Gasteiger partial charge in [-0.2, -0.15) is 0 Å². The fourth-order valence-electron chi connectivity index (χ4n) is 0.920. The van der Waals surface area contributed by atoms with Crippen molar-refractivity contribution in [3.05, 3.63) is 25.1 Å². The smallest absolute Gasteiger partial charge is 0.117 e. The van der Waals surface area contributed by atoms with Crippen LogP contribution in [0.3, 0.4) is 0 Å². The molecule has 1 aromatic rings. The monoisotopic (exact) mass is 165 g/mol. The fourth-order valence-corrected chi connectivity index (χ4v) is 0.920. The third-order valence-electron chi connectivity index (χ3n) is 1.53. The van der Waals surface area contributed by atoms with Gasteiger partial charge in [-0.05, 0) is 18.6 Å². The van der Waals surface area contributed by atoms with Crippen LogP contribution in [0.25, 0.3) is 0 Å². The van der Waals surface area contributed by atoms with Crippen LogP contribution < -0.4 is 11.1 Å². The van der Waals surface area contributed by atoms with Crippen molar-refractivity contribution < 1.29 is 5.11 Å². The van der Waals surface area contributed by atoms with Gasteiger partial charge in [0.1, 0.15) is 5.75 Å². The first-order valence-electron chi connectivity index (χ1n) is 3.85. The second kappa shape index (κ2) is 3.85. The zero-order valence-electron chi connectivity index (χ0n) is 6.88. The number of phenolic OH excluding ortho intramolecular Hbond substituents is 1. The number of nitrogen functional groups attached to an aromatic ring is 1. The minimum Gasteiger partial charge on any atom is -0.508 e. The lowest BCUT2D eigenvalue weighted by Gasteiger charge is -2.07. The molecule has 0 aliphatic rings. The average Bonchev–Trinajstić information content (AvgIpc) is 2.07. The summed E-state index contributed by atoms with van der Waals surface area (Å²) >= 11 is 0. The van der Waals surface area contributed by atoms with Crippen molar-refractivity contribution in [2.24, 2.45) is 0 Å². The lowest BCUT2D eigenvalue weighted by Crippen LogP contribution is -2.02. The maximum Gasteiger partial charge on any atom is 0.117 e. The molecule has 0 spiro atoms. The summed E-state index contributed by atoms with van der Waals surface area (Å²) in [7, 11) is 0. The van der Waals surface area contributed by atoms with Crippen LogP contribution in [0, 0.1) is 6.92 Å². The van der Waals surface area contributed by atoms with Crippen LogP contribution in [0.4, 0.5) is 11.4 Å². The van der Waals surface area contributed by atoms with E-state index in [1.807, 2.05) is 0 Å². The topological polar surface area (TPSA) is 58.3 Å². The highest BCUT2D eigenvalue weighted by Gasteiger charge is 1.97. The van der Waals surface area contributed by atoms with Crippen molar-refractivity contribution >= 4 is 11.4 Å². The zero-order chi connectivity index (χ0) is 8.97. The number of phenols is 1. The number of nitrogens with one attached hydrogen (secondary N) is 1. The Balaban J connectivity index is 2.75. The van der Waals surface area contributed by atoms with Crippen molar-refractivity contribution in [2.45, 2.75) is 6.42 Å². The van der Waals surface area contributed by atoms with Crippen LogP contribution in [0.15, 0.2) is 18.2 Å². The van der Waals surface area contributed by atoms with Gasteiger partial charge in [-0.3, -0.25) is 0 Å². The molecule has 0 aromatic heterocycles. The van der Waals surface area contributed by atoms with Gasteiger partial charge in [0.25, 0.3) is 0 Å². The van der Waals surface area contributed by atoms with Gasteiger partial charge in [0.15, 0.2) is 0 Å². The van der Waals surface area contributed by atoms with E-state index in [9.17, 15) is 0 Å². The Hall–Kier alpha value is -1.38. The molecule has 65 valence electrons. The second-order valence-corrected chi connectivity index (χ2v) is 2.55. The number of anilines is 2. The van der Waals surface area contributed by atoms with Gasteiger partial charge in [0.05, 0.1) is 11.4 Å². The van der Waals surface area contributed by atoms with Gasteiger partial charge in [0, 0.05) is 12.6 Å². The van der Waals surface area contributed by atoms with E-state index < -0.39 is 0 Å². The normalized spacial score (nSPS) is 9.75. The SMILES string of the molecule is [CH2]CCNc1cc(O)ccc1N. The van der Waals surface area contributed by atoms with E-state index in [4.69, 9.17) is 10.8 Å². The van der Waals surface area contributed by atoms with Gasteiger partial charge in [-0.1, -0.05) is 6.92 Å². The minimum atomic E-state index is 0.218. The minimum absolute atomic E-state index is 0.218. The standard InChI is InChI=1S/C9H13N2O/c1-2-5-11-9-6-7(12)3-4-8(9)10/h3-4,6,11-12H,1-2,5,10H2. The largest absolute Gasteiger partial charge is 0.508 e. The molecule has 0 fully saturated rings. The van der Waals surface area contributed by atoms with E-state index in [-0.39, 0.29) is 5.75 Å². The van der Waals surface area contributed by atoms with Crippen molar-refractivity contribution in [3.63, 3.8) is 0 Å². The van der Waals surface area contributed by atoms with Gasteiger partial charge >= 0.3 is 0 Å². The molecular weight excluding hydrogens is 152 g/mol. The Bertz CT molecular complexity index is 261. The Labute approximate surface area is 72.2 Å². The number of nitrogens with two attached hydrogens (primary N) is 1. The van der Waals surface area contributed by atoms with E-state index in [0.717, 1.165) is 18.7 Å². The molecule has 1 rings (SSSR count). The molecule has 1 radical (unpaired) electrons. The number of aromatic hydroxyl groups is 1. The van der Waals surface area contributed by atoms with Crippen molar-refractivity contribution in [3.8, 4) is 5.75 Å². The summed E-state index contributed by atoms with van der Waals surface area (Å²) in [5.41, 5.74) is 7.04. The van der Waals surface area contributed by atoms with E-state index >= 15 is 0 Å². The van der Waals surface area contributed by atoms with Crippen molar-refractivity contribution in [2.75, 3.05) is 17.6 Å². The molecule has 4 N–H and O–H groups in total. The molecule has 12 heavy (non-hydrogen) atoms. The molecule has 1 aromatic carbocycles. The lowest BCUT2D eigenvalue weighted by molar-refractivity contribution is 0.475. The number of hydrogen-bond donors (Lipinski definition) is 3. The van der Waals surface area contributed by atoms with Crippen LogP contribution in [-0.2, 0) is 0 Å². The van der Waals surface area contributed by atoms with E-state index in [1.165, 1.54) is 0 Å². The highest BCUT2D eigenvalue weighted by Crippen LogP contribution is 2.23. The van der Waals surface area contributed by atoms with Crippen LogP contribution in [-0.4, -0.2) is 11.7 Å². The summed E-state index contributed by atoms with van der Waals surface area (Å²) in [6, 6.07) is 4.83. The van der Waals surface area contributed by atoms with Crippen LogP contribution >= 0.6 is 0 Å². The van der Waals surface area contributed by atoms with Crippen molar-refractivity contribution in [1.82, 2.24) is 0 Å². The van der Waals surface area contributed by atoms with E-state index in [2.05, 4.69) is 12.2 Å². The Morgan fingerprint density at radius 2 is 2.25 bits per heavy atom. The maximum absolute atomic E-state index is 9.13.